The summed E-state index contributed by atoms with van der Waals surface area (Å²) in [6.07, 6.45) is 1.06. The van der Waals surface area contributed by atoms with E-state index in [2.05, 4.69) is 66.3 Å². The normalized spacial score (nSPS) is 17.8. The van der Waals surface area contributed by atoms with Gasteiger partial charge in [-0.3, -0.25) is 4.79 Å². The van der Waals surface area contributed by atoms with Crippen LogP contribution in [0.3, 0.4) is 0 Å². The molecule has 1 aliphatic heterocycles. The van der Waals surface area contributed by atoms with Gasteiger partial charge in [-0.15, -0.1) is 0 Å². The van der Waals surface area contributed by atoms with Crippen LogP contribution < -0.4 is 10.1 Å². The molecule has 0 spiro atoms. The minimum Gasteiger partial charge on any atom is -0.494 e. The summed E-state index contributed by atoms with van der Waals surface area (Å²) in [7, 11) is 0. The maximum absolute atomic E-state index is 14.5. The molecule has 0 fully saturated rings. The molecule has 0 aromatic heterocycles. The fourth-order valence-corrected chi connectivity index (χ4v) is 5.82. The molecule has 0 unspecified atom stereocenters. The van der Waals surface area contributed by atoms with Crippen LogP contribution in [0.4, 0.5) is 0 Å². The lowest BCUT2D eigenvalue weighted by Gasteiger charge is -2.31. The van der Waals surface area contributed by atoms with Crippen molar-refractivity contribution in [2.24, 2.45) is 10.4 Å². The van der Waals surface area contributed by atoms with E-state index >= 15 is 0 Å². The number of aliphatic hydroxyl groups is 1. The molecule has 4 aromatic rings. The summed E-state index contributed by atoms with van der Waals surface area (Å²) >= 11 is 3.71. The number of benzene rings is 4. The molecule has 0 saturated carbocycles. The van der Waals surface area contributed by atoms with Gasteiger partial charge in [0, 0.05) is 36.0 Å². The maximum Gasteiger partial charge on any atom is 0.252 e. The van der Waals surface area contributed by atoms with Gasteiger partial charge in [0.2, 0.25) is 5.90 Å². The Morgan fingerprint density at radius 3 is 2.22 bits per heavy atom. The van der Waals surface area contributed by atoms with Crippen LogP contribution in [0.15, 0.2) is 113 Å². The highest BCUT2D eigenvalue weighted by molar-refractivity contribution is 9.10. The van der Waals surface area contributed by atoms with Gasteiger partial charge in [0.1, 0.15) is 5.75 Å². The van der Waals surface area contributed by atoms with E-state index in [0.717, 1.165) is 38.7 Å². The standard InChI is InChI=1S/C38H41BrN2O4/c1-37(2,3)22-23-40-36(43)38(26-31-12-7-8-13-33(31)39)34(29-16-14-28(15-17-29)27-10-5-4-6-11-27)45-35(41-38)30-18-20-32(21-19-30)44-25-9-24-42/h4-8,10-21,34,42H,9,22-26H2,1-3H3,(H,40,43)/t34-,38-/m1/s1. The third-order valence-corrected chi connectivity index (χ3v) is 8.70. The molecule has 1 amide bonds. The van der Waals surface area contributed by atoms with Crippen LogP contribution in [-0.2, 0) is 16.0 Å². The number of aliphatic imine (C=N–C) groups is 1. The van der Waals surface area contributed by atoms with Crippen LogP contribution in [0, 0.1) is 5.41 Å². The number of amides is 1. The van der Waals surface area contributed by atoms with Crippen LogP contribution in [-0.4, -0.2) is 42.2 Å². The summed E-state index contributed by atoms with van der Waals surface area (Å²) in [5.74, 6) is 0.934. The quantitative estimate of drug-likeness (QED) is 0.150. The van der Waals surface area contributed by atoms with E-state index < -0.39 is 11.6 Å². The van der Waals surface area contributed by atoms with Gasteiger partial charge in [0.05, 0.1) is 6.61 Å². The average Bonchev–Trinajstić information content (AvgIpc) is 3.43. The zero-order valence-corrected chi connectivity index (χ0v) is 27.7. The van der Waals surface area contributed by atoms with E-state index in [9.17, 15) is 4.79 Å². The summed E-state index contributed by atoms with van der Waals surface area (Å²) < 4.78 is 13.4. The summed E-state index contributed by atoms with van der Waals surface area (Å²) in [4.78, 5) is 19.6. The van der Waals surface area contributed by atoms with E-state index in [1.165, 1.54) is 0 Å². The van der Waals surface area contributed by atoms with E-state index in [1.54, 1.807) is 0 Å². The van der Waals surface area contributed by atoms with Crippen LogP contribution in [0.5, 0.6) is 5.75 Å². The second-order valence-corrected chi connectivity index (χ2v) is 13.5. The lowest BCUT2D eigenvalue weighted by atomic mass is 9.81. The van der Waals surface area contributed by atoms with Crippen LogP contribution in [0.1, 0.15) is 56.4 Å². The molecule has 234 valence electrons. The fraction of sp³-hybridized carbons (Fsp3) is 0.316. The highest BCUT2D eigenvalue weighted by atomic mass is 79.9. The molecule has 0 saturated heterocycles. The van der Waals surface area contributed by atoms with Gasteiger partial charge in [0.15, 0.2) is 11.6 Å². The summed E-state index contributed by atoms with van der Waals surface area (Å²) in [6, 6.07) is 33.9. The van der Waals surface area contributed by atoms with Crippen LogP contribution in [0.2, 0.25) is 0 Å². The molecule has 7 heteroatoms. The SMILES string of the molecule is CC(C)(C)CCNC(=O)[C@]1(Cc2ccccc2Br)N=C(c2ccc(OCCCO)cc2)O[C@@H]1c1ccc(-c2ccccc2)cc1. The van der Waals surface area contributed by atoms with Crippen molar-refractivity contribution < 1.29 is 19.4 Å². The molecule has 1 aliphatic rings. The Bertz CT molecular complexity index is 1600. The molecule has 5 rings (SSSR count). The molecular formula is C38H41BrN2O4. The zero-order valence-electron chi connectivity index (χ0n) is 26.1. The number of hydrogen-bond donors (Lipinski definition) is 2. The maximum atomic E-state index is 14.5. The molecular weight excluding hydrogens is 628 g/mol. The third kappa shape index (κ3) is 8.02. The molecule has 45 heavy (non-hydrogen) atoms. The number of halogens is 1. The van der Waals surface area contributed by atoms with Gasteiger partial charge in [-0.05, 0) is 64.4 Å². The first-order valence-electron chi connectivity index (χ1n) is 15.5. The number of hydrogen-bond acceptors (Lipinski definition) is 5. The third-order valence-electron chi connectivity index (χ3n) is 7.93. The van der Waals surface area contributed by atoms with Gasteiger partial charge >= 0.3 is 0 Å². The number of nitrogens with zero attached hydrogens (tertiary/aromatic N) is 1. The number of aliphatic hydroxyl groups excluding tert-OH is 1. The van der Waals surface area contributed by atoms with Gasteiger partial charge in [-0.2, -0.15) is 0 Å². The first-order valence-corrected chi connectivity index (χ1v) is 16.3. The first-order chi connectivity index (χ1) is 21.7. The van der Waals surface area contributed by atoms with Crippen molar-refractivity contribution in [3.63, 3.8) is 0 Å². The molecule has 2 atom stereocenters. The number of carbonyl (C=O) groups is 1. The summed E-state index contributed by atoms with van der Waals surface area (Å²) in [6.45, 7) is 7.54. The topological polar surface area (TPSA) is 80.2 Å². The predicted molar refractivity (Wildman–Crippen MR) is 184 cm³/mol. The van der Waals surface area contributed by atoms with Crippen molar-refractivity contribution in [3.8, 4) is 16.9 Å². The fourth-order valence-electron chi connectivity index (χ4n) is 5.40. The Morgan fingerprint density at radius 2 is 1.56 bits per heavy atom. The second kappa shape index (κ2) is 14.4. The lowest BCUT2D eigenvalue weighted by Crippen LogP contribution is -2.50. The largest absolute Gasteiger partial charge is 0.494 e. The molecule has 1 heterocycles. The Hall–Kier alpha value is -3.94. The summed E-state index contributed by atoms with van der Waals surface area (Å²) in [5.41, 5.74) is 3.60. The van der Waals surface area contributed by atoms with E-state index in [1.807, 2.05) is 78.9 Å². The molecule has 0 bridgehead atoms. The summed E-state index contributed by atoms with van der Waals surface area (Å²) in [5, 5.41) is 12.3. The van der Waals surface area contributed by atoms with E-state index in [-0.39, 0.29) is 17.9 Å². The van der Waals surface area contributed by atoms with Crippen molar-refractivity contribution in [1.82, 2.24) is 5.32 Å². The smallest absolute Gasteiger partial charge is 0.252 e. The van der Waals surface area contributed by atoms with Gasteiger partial charge < -0.3 is 19.9 Å². The van der Waals surface area contributed by atoms with Crippen molar-refractivity contribution in [2.75, 3.05) is 19.8 Å². The van der Waals surface area contributed by atoms with Gasteiger partial charge in [0.25, 0.3) is 5.91 Å². The Morgan fingerprint density at radius 1 is 0.911 bits per heavy atom. The minimum absolute atomic E-state index is 0.0666. The Labute approximate surface area is 274 Å². The van der Waals surface area contributed by atoms with Crippen molar-refractivity contribution in [3.05, 3.63) is 124 Å². The van der Waals surface area contributed by atoms with Gasteiger partial charge in [-0.1, -0.05) is 109 Å². The highest BCUT2D eigenvalue weighted by Gasteiger charge is 2.53. The number of ether oxygens (including phenoxy) is 2. The number of carbonyl (C=O) groups excluding carboxylic acids is 1. The van der Waals surface area contributed by atoms with Crippen molar-refractivity contribution in [2.45, 2.75) is 51.7 Å². The molecule has 2 N–H and O–H groups in total. The van der Waals surface area contributed by atoms with Crippen LogP contribution in [0.25, 0.3) is 11.1 Å². The Kier molecular flexibility index (Phi) is 10.4. The Balaban J connectivity index is 1.56. The van der Waals surface area contributed by atoms with Gasteiger partial charge in [-0.25, -0.2) is 4.99 Å². The zero-order chi connectivity index (χ0) is 31.9. The minimum atomic E-state index is -1.26. The molecule has 4 aromatic carbocycles. The molecule has 0 aliphatic carbocycles. The number of nitrogens with one attached hydrogen (secondary N) is 1. The van der Waals surface area contributed by atoms with E-state index in [4.69, 9.17) is 19.6 Å². The van der Waals surface area contributed by atoms with Crippen LogP contribution >= 0.6 is 15.9 Å². The van der Waals surface area contributed by atoms with Crippen molar-refractivity contribution in [1.29, 1.82) is 0 Å². The average molecular weight is 670 g/mol. The first kappa shape index (κ1) is 32.5. The highest BCUT2D eigenvalue weighted by Crippen LogP contribution is 2.44. The van der Waals surface area contributed by atoms with Crippen molar-refractivity contribution >= 4 is 27.7 Å². The molecule has 6 nitrogen and oxygen atoms in total. The second-order valence-electron chi connectivity index (χ2n) is 12.6. The number of rotatable bonds is 12. The van der Waals surface area contributed by atoms with E-state index in [0.29, 0.717) is 37.6 Å². The monoisotopic (exact) mass is 668 g/mol. The predicted octanol–water partition coefficient (Wildman–Crippen LogP) is 7.93. The molecule has 0 radical (unpaired) electrons. The lowest BCUT2D eigenvalue weighted by molar-refractivity contribution is -0.129.